The van der Waals surface area contributed by atoms with Crippen molar-refractivity contribution in [2.75, 3.05) is 5.32 Å². The molecular weight excluding hydrogens is 428 g/mol. The molecule has 168 valence electrons. The molecule has 0 aliphatic carbocycles. The van der Waals surface area contributed by atoms with Crippen LogP contribution < -0.4 is 15.6 Å². The van der Waals surface area contributed by atoms with Crippen LogP contribution in [0, 0.1) is 32.1 Å². The quantitative estimate of drug-likeness (QED) is 0.342. The van der Waals surface area contributed by atoms with E-state index >= 15 is 0 Å². The highest BCUT2D eigenvalue weighted by molar-refractivity contribution is 6.09. The number of carbonyl (C=O) groups excluding carboxylic acids is 1. The monoisotopic (exact) mass is 450 g/mol. The topological polar surface area (TPSA) is 96.5 Å². The van der Waals surface area contributed by atoms with Crippen LogP contribution >= 0.6 is 0 Å². The molecule has 7 heteroatoms. The number of aromatic nitrogens is 2. The largest absolute Gasteiger partial charge is 0.438 e. The highest BCUT2D eigenvalue weighted by atomic mass is 16.5. The molecule has 2 aromatic carbocycles. The Bertz CT molecular complexity index is 1530. The van der Waals surface area contributed by atoms with Crippen LogP contribution in [0.1, 0.15) is 22.3 Å². The van der Waals surface area contributed by atoms with Crippen molar-refractivity contribution in [2.45, 2.75) is 20.8 Å². The summed E-state index contributed by atoms with van der Waals surface area (Å²) in [5.41, 5.74) is 3.16. The van der Waals surface area contributed by atoms with Gasteiger partial charge in [0, 0.05) is 11.9 Å². The predicted molar refractivity (Wildman–Crippen MR) is 131 cm³/mol. The average molecular weight is 450 g/mol. The molecule has 4 rings (SSSR count). The second kappa shape index (κ2) is 9.43. The first-order chi connectivity index (χ1) is 16.4. The van der Waals surface area contributed by atoms with Crippen LogP contribution in [0.15, 0.2) is 77.2 Å². The first-order valence-corrected chi connectivity index (χ1v) is 10.6. The number of carbonyl (C=O) groups is 1. The summed E-state index contributed by atoms with van der Waals surface area (Å²) in [5.74, 6) is -0.0909. The van der Waals surface area contributed by atoms with Crippen molar-refractivity contribution >= 4 is 23.3 Å². The van der Waals surface area contributed by atoms with E-state index in [4.69, 9.17) is 4.74 Å². The van der Waals surface area contributed by atoms with Crippen LogP contribution in [0.3, 0.4) is 0 Å². The van der Waals surface area contributed by atoms with E-state index in [-0.39, 0.29) is 17.0 Å². The molecule has 0 aliphatic rings. The molecule has 0 atom stereocenters. The Morgan fingerprint density at radius 2 is 1.82 bits per heavy atom. The van der Waals surface area contributed by atoms with E-state index in [0.29, 0.717) is 17.1 Å². The normalized spacial score (nSPS) is 11.2. The van der Waals surface area contributed by atoms with Gasteiger partial charge in [0.15, 0.2) is 0 Å². The van der Waals surface area contributed by atoms with Crippen molar-refractivity contribution < 1.29 is 9.53 Å². The van der Waals surface area contributed by atoms with E-state index in [1.807, 2.05) is 51.1 Å². The molecule has 2 heterocycles. The standard InChI is InChI=1S/C27H22N4O3/c1-17-10-12-21(13-11-17)29-25(32)20(16-28)15-22-26(34-23-8-6-7-18(2)19(23)3)30-24-9-4-5-14-31(24)27(22)33/h4-15H,1-3H3,(H,29,32). The first kappa shape index (κ1) is 22.5. The number of hydrogen-bond acceptors (Lipinski definition) is 5. The van der Waals surface area contributed by atoms with Crippen molar-refractivity contribution in [3.8, 4) is 17.7 Å². The Labute approximate surface area is 196 Å². The summed E-state index contributed by atoms with van der Waals surface area (Å²) in [6.07, 6.45) is 2.79. The summed E-state index contributed by atoms with van der Waals surface area (Å²) in [7, 11) is 0. The highest BCUT2D eigenvalue weighted by Gasteiger charge is 2.18. The van der Waals surface area contributed by atoms with E-state index in [0.717, 1.165) is 16.7 Å². The van der Waals surface area contributed by atoms with Crippen molar-refractivity contribution in [2.24, 2.45) is 0 Å². The summed E-state index contributed by atoms with van der Waals surface area (Å²) in [6, 6.07) is 19.8. The third-order valence-electron chi connectivity index (χ3n) is 5.46. The zero-order valence-electron chi connectivity index (χ0n) is 19.0. The smallest absolute Gasteiger partial charge is 0.269 e. The first-order valence-electron chi connectivity index (χ1n) is 10.6. The van der Waals surface area contributed by atoms with Crippen LogP contribution in [-0.4, -0.2) is 15.3 Å². The van der Waals surface area contributed by atoms with E-state index in [2.05, 4.69) is 10.3 Å². The molecule has 4 aromatic rings. The molecule has 0 saturated carbocycles. The Balaban J connectivity index is 1.82. The molecule has 2 aromatic heterocycles. The lowest BCUT2D eigenvalue weighted by molar-refractivity contribution is -0.112. The second-order valence-corrected chi connectivity index (χ2v) is 7.85. The van der Waals surface area contributed by atoms with Gasteiger partial charge in [0.2, 0.25) is 5.88 Å². The summed E-state index contributed by atoms with van der Waals surface area (Å²) in [6.45, 7) is 5.79. The lowest BCUT2D eigenvalue weighted by Gasteiger charge is -2.13. The summed E-state index contributed by atoms with van der Waals surface area (Å²) in [5, 5.41) is 12.4. The van der Waals surface area contributed by atoms with Gasteiger partial charge in [-0.05, 0) is 68.3 Å². The number of nitrogens with one attached hydrogen (secondary N) is 1. The third kappa shape index (κ3) is 4.57. The number of hydrogen-bond donors (Lipinski definition) is 1. The molecule has 0 fully saturated rings. The molecule has 1 N–H and O–H groups in total. The molecule has 0 unspecified atom stereocenters. The molecule has 0 saturated heterocycles. The third-order valence-corrected chi connectivity index (χ3v) is 5.46. The van der Waals surface area contributed by atoms with E-state index in [9.17, 15) is 14.9 Å². The Morgan fingerprint density at radius 3 is 2.56 bits per heavy atom. The zero-order chi connectivity index (χ0) is 24.2. The van der Waals surface area contributed by atoms with Crippen molar-refractivity contribution in [3.05, 3.63) is 105 Å². The fraction of sp³-hybridized carbons (Fsp3) is 0.111. The lowest BCUT2D eigenvalue weighted by Crippen LogP contribution is -2.20. The van der Waals surface area contributed by atoms with Gasteiger partial charge in [-0.3, -0.25) is 14.0 Å². The molecular formula is C27H22N4O3. The minimum absolute atomic E-state index is 0.000197. The highest BCUT2D eigenvalue weighted by Crippen LogP contribution is 2.28. The Hall–Kier alpha value is -4.70. The van der Waals surface area contributed by atoms with Crippen LogP contribution in [0.4, 0.5) is 5.69 Å². The Kier molecular flexibility index (Phi) is 6.24. The number of anilines is 1. The number of fused-ring (bicyclic) bond motifs is 1. The number of benzene rings is 2. The molecule has 7 nitrogen and oxygen atoms in total. The maximum absolute atomic E-state index is 13.3. The number of ether oxygens (including phenoxy) is 1. The minimum Gasteiger partial charge on any atom is -0.438 e. The van der Waals surface area contributed by atoms with Gasteiger partial charge < -0.3 is 10.1 Å². The minimum atomic E-state index is -0.637. The van der Waals surface area contributed by atoms with Crippen molar-refractivity contribution in [3.63, 3.8) is 0 Å². The number of nitriles is 1. The molecule has 0 radical (unpaired) electrons. The summed E-state index contributed by atoms with van der Waals surface area (Å²) >= 11 is 0. The second-order valence-electron chi connectivity index (χ2n) is 7.85. The zero-order valence-corrected chi connectivity index (χ0v) is 19.0. The van der Waals surface area contributed by atoms with E-state index in [1.165, 1.54) is 10.5 Å². The van der Waals surface area contributed by atoms with Gasteiger partial charge in [-0.2, -0.15) is 10.2 Å². The van der Waals surface area contributed by atoms with Gasteiger partial charge in [-0.25, -0.2) is 0 Å². The van der Waals surface area contributed by atoms with Gasteiger partial charge in [-0.15, -0.1) is 0 Å². The average Bonchev–Trinajstić information content (AvgIpc) is 2.83. The van der Waals surface area contributed by atoms with Crippen LogP contribution in [0.2, 0.25) is 0 Å². The number of amides is 1. The molecule has 1 amide bonds. The fourth-order valence-electron chi connectivity index (χ4n) is 3.35. The number of aryl methyl sites for hydroxylation is 2. The van der Waals surface area contributed by atoms with Gasteiger partial charge in [0.05, 0.1) is 0 Å². The fourth-order valence-corrected chi connectivity index (χ4v) is 3.35. The molecule has 0 spiro atoms. The van der Waals surface area contributed by atoms with Gasteiger partial charge in [0.1, 0.15) is 28.6 Å². The van der Waals surface area contributed by atoms with E-state index < -0.39 is 11.5 Å². The van der Waals surface area contributed by atoms with Crippen LogP contribution in [0.5, 0.6) is 11.6 Å². The lowest BCUT2D eigenvalue weighted by atomic mass is 10.1. The summed E-state index contributed by atoms with van der Waals surface area (Å²) in [4.78, 5) is 30.6. The number of pyridine rings is 1. The van der Waals surface area contributed by atoms with Gasteiger partial charge in [0.25, 0.3) is 11.5 Å². The summed E-state index contributed by atoms with van der Waals surface area (Å²) < 4.78 is 7.40. The van der Waals surface area contributed by atoms with Crippen LogP contribution in [-0.2, 0) is 4.79 Å². The van der Waals surface area contributed by atoms with Crippen molar-refractivity contribution in [1.82, 2.24) is 9.38 Å². The molecule has 34 heavy (non-hydrogen) atoms. The Morgan fingerprint density at radius 1 is 1.06 bits per heavy atom. The maximum Gasteiger partial charge on any atom is 0.269 e. The number of nitrogens with zero attached hydrogens (tertiary/aromatic N) is 3. The molecule has 0 bridgehead atoms. The van der Waals surface area contributed by atoms with Gasteiger partial charge >= 0.3 is 0 Å². The maximum atomic E-state index is 13.3. The van der Waals surface area contributed by atoms with Crippen molar-refractivity contribution in [1.29, 1.82) is 5.26 Å². The number of rotatable bonds is 5. The van der Waals surface area contributed by atoms with E-state index in [1.54, 1.807) is 42.6 Å². The predicted octanol–water partition coefficient (Wildman–Crippen LogP) is 4.96. The van der Waals surface area contributed by atoms with Crippen LogP contribution in [0.25, 0.3) is 11.7 Å². The molecule has 0 aliphatic heterocycles. The van der Waals surface area contributed by atoms with Gasteiger partial charge in [-0.1, -0.05) is 35.9 Å². The SMILES string of the molecule is Cc1ccc(NC(=O)C(C#N)=Cc2c(Oc3cccc(C)c3C)nc3ccccn3c2=O)cc1.